The SMILES string of the molecule is C[C@@H]1CCc2c1nc1c(c2NC(=O)OCC(Cl)(Cl)Cl)CCC1. The van der Waals surface area contributed by atoms with Crippen molar-refractivity contribution in [3.8, 4) is 0 Å². The number of anilines is 1. The van der Waals surface area contributed by atoms with E-state index in [-0.39, 0.29) is 6.61 Å². The predicted molar refractivity (Wildman–Crippen MR) is 88.3 cm³/mol. The molecule has 1 heterocycles. The summed E-state index contributed by atoms with van der Waals surface area (Å²) < 4.78 is 3.39. The standard InChI is InChI=1S/C15H17Cl3N2O2/c1-8-5-6-10-12(8)19-11-4-2-3-9(11)13(10)20-14(21)22-7-15(16,17)18/h8H,2-7H2,1H3,(H,19,20,21)/t8-/m1/s1. The summed E-state index contributed by atoms with van der Waals surface area (Å²) in [6.07, 6.45) is 4.36. The van der Waals surface area contributed by atoms with Gasteiger partial charge in [0.2, 0.25) is 3.79 Å². The highest BCUT2D eigenvalue weighted by Crippen LogP contribution is 2.41. The number of nitrogens with zero attached hydrogens (tertiary/aromatic N) is 1. The molecule has 22 heavy (non-hydrogen) atoms. The predicted octanol–water partition coefficient (Wildman–Crippen LogP) is 4.54. The van der Waals surface area contributed by atoms with Gasteiger partial charge in [0.15, 0.2) is 0 Å². The summed E-state index contributed by atoms with van der Waals surface area (Å²) in [5.74, 6) is 0.429. The summed E-state index contributed by atoms with van der Waals surface area (Å²) in [7, 11) is 0. The summed E-state index contributed by atoms with van der Waals surface area (Å²) in [4.78, 5) is 16.8. The van der Waals surface area contributed by atoms with E-state index in [9.17, 15) is 4.79 Å². The molecule has 2 aliphatic carbocycles. The molecule has 2 aliphatic rings. The third-order valence-electron chi connectivity index (χ3n) is 4.24. The average molecular weight is 364 g/mol. The number of rotatable bonds is 2. The Kier molecular flexibility index (Phi) is 4.45. The first kappa shape index (κ1) is 16.2. The number of hydrogen-bond donors (Lipinski definition) is 1. The quantitative estimate of drug-likeness (QED) is 0.785. The molecule has 0 fully saturated rings. The Morgan fingerprint density at radius 3 is 2.82 bits per heavy atom. The summed E-state index contributed by atoms with van der Waals surface area (Å²) in [6, 6.07) is 0. The van der Waals surface area contributed by atoms with E-state index in [1.165, 1.54) is 0 Å². The van der Waals surface area contributed by atoms with Gasteiger partial charge in [-0.25, -0.2) is 4.79 Å². The summed E-state index contributed by atoms with van der Waals surface area (Å²) in [6.45, 7) is 1.89. The number of carbonyl (C=O) groups excluding carboxylic acids is 1. The Morgan fingerprint density at radius 1 is 1.32 bits per heavy atom. The zero-order valence-electron chi connectivity index (χ0n) is 12.2. The van der Waals surface area contributed by atoms with Crippen LogP contribution in [0.5, 0.6) is 0 Å². The number of ether oxygens (including phenoxy) is 1. The molecule has 3 rings (SSSR count). The lowest BCUT2D eigenvalue weighted by Crippen LogP contribution is -2.22. The van der Waals surface area contributed by atoms with E-state index < -0.39 is 9.89 Å². The minimum absolute atomic E-state index is 0.282. The Hall–Kier alpha value is -0.710. The fourth-order valence-electron chi connectivity index (χ4n) is 3.24. The molecular weight excluding hydrogens is 347 g/mol. The normalized spacial score (nSPS) is 19.7. The maximum atomic E-state index is 12.0. The van der Waals surface area contributed by atoms with Crippen molar-refractivity contribution in [3.63, 3.8) is 0 Å². The maximum absolute atomic E-state index is 12.0. The van der Waals surface area contributed by atoms with Crippen LogP contribution in [0.15, 0.2) is 0 Å². The van der Waals surface area contributed by atoms with Gasteiger partial charge in [-0.3, -0.25) is 10.3 Å². The molecule has 0 saturated carbocycles. The van der Waals surface area contributed by atoms with E-state index >= 15 is 0 Å². The maximum Gasteiger partial charge on any atom is 0.411 e. The lowest BCUT2D eigenvalue weighted by atomic mass is 10.0. The largest absolute Gasteiger partial charge is 0.445 e. The highest BCUT2D eigenvalue weighted by molar-refractivity contribution is 6.67. The first-order valence-electron chi connectivity index (χ1n) is 7.40. The molecule has 0 spiro atoms. The molecule has 1 amide bonds. The second kappa shape index (κ2) is 6.06. The van der Waals surface area contributed by atoms with E-state index in [1.807, 2.05) is 0 Å². The van der Waals surface area contributed by atoms with Crippen molar-refractivity contribution in [2.45, 2.75) is 48.7 Å². The molecule has 0 saturated heterocycles. The highest BCUT2D eigenvalue weighted by Gasteiger charge is 2.30. The van der Waals surface area contributed by atoms with Crippen LogP contribution in [0.4, 0.5) is 10.5 Å². The van der Waals surface area contributed by atoms with Gasteiger partial charge in [0, 0.05) is 11.4 Å². The Morgan fingerprint density at radius 2 is 2.09 bits per heavy atom. The number of amides is 1. The average Bonchev–Trinajstić information content (AvgIpc) is 3.03. The van der Waals surface area contributed by atoms with E-state index in [4.69, 9.17) is 44.5 Å². The number of aryl methyl sites for hydroxylation is 1. The van der Waals surface area contributed by atoms with Crippen LogP contribution in [0.2, 0.25) is 0 Å². The van der Waals surface area contributed by atoms with Gasteiger partial charge in [0.1, 0.15) is 6.61 Å². The number of halogens is 3. The molecule has 1 aromatic rings. The van der Waals surface area contributed by atoms with Gasteiger partial charge in [-0.2, -0.15) is 0 Å². The second-order valence-corrected chi connectivity index (χ2v) is 8.40. The van der Waals surface area contributed by atoms with E-state index in [0.29, 0.717) is 5.92 Å². The van der Waals surface area contributed by atoms with E-state index in [1.54, 1.807) is 0 Å². The van der Waals surface area contributed by atoms with Gasteiger partial charge >= 0.3 is 6.09 Å². The van der Waals surface area contributed by atoms with Gasteiger partial charge in [-0.05, 0) is 49.1 Å². The van der Waals surface area contributed by atoms with Crippen molar-refractivity contribution in [2.75, 3.05) is 11.9 Å². The molecule has 0 aromatic carbocycles. The van der Waals surface area contributed by atoms with Gasteiger partial charge in [-0.1, -0.05) is 41.7 Å². The van der Waals surface area contributed by atoms with Crippen LogP contribution in [-0.2, 0) is 24.0 Å². The van der Waals surface area contributed by atoms with Crippen LogP contribution in [-0.4, -0.2) is 21.5 Å². The lowest BCUT2D eigenvalue weighted by molar-refractivity contribution is 0.164. The van der Waals surface area contributed by atoms with Gasteiger partial charge in [-0.15, -0.1) is 0 Å². The van der Waals surface area contributed by atoms with E-state index in [2.05, 4.69) is 12.2 Å². The molecule has 0 radical (unpaired) electrons. The monoisotopic (exact) mass is 362 g/mol. The molecule has 7 heteroatoms. The number of hydrogen-bond acceptors (Lipinski definition) is 3. The van der Waals surface area contributed by atoms with Crippen molar-refractivity contribution >= 4 is 46.6 Å². The lowest BCUT2D eigenvalue weighted by Gasteiger charge is -2.17. The van der Waals surface area contributed by atoms with Crippen molar-refractivity contribution < 1.29 is 9.53 Å². The Balaban J connectivity index is 1.84. The van der Waals surface area contributed by atoms with Crippen LogP contribution in [0.1, 0.15) is 48.2 Å². The number of carbonyl (C=O) groups is 1. The number of alkyl halides is 3. The number of aromatic nitrogens is 1. The third kappa shape index (κ3) is 3.29. The fraction of sp³-hybridized carbons (Fsp3) is 0.600. The van der Waals surface area contributed by atoms with Crippen LogP contribution < -0.4 is 5.32 Å². The summed E-state index contributed by atoms with van der Waals surface area (Å²) in [5.41, 5.74) is 5.36. The Labute approximate surface area is 144 Å². The fourth-order valence-corrected chi connectivity index (χ4v) is 3.40. The van der Waals surface area contributed by atoms with Crippen LogP contribution in [0, 0.1) is 0 Å². The number of pyridine rings is 1. The van der Waals surface area contributed by atoms with Gasteiger partial charge in [0.25, 0.3) is 0 Å². The summed E-state index contributed by atoms with van der Waals surface area (Å²) in [5, 5.41) is 2.86. The van der Waals surface area contributed by atoms with Crippen LogP contribution in [0.3, 0.4) is 0 Å². The second-order valence-electron chi connectivity index (χ2n) is 5.89. The first-order chi connectivity index (χ1) is 10.3. The number of nitrogens with one attached hydrogen (secondary N) is 1. The minimum Gasteiger partial charge on any atom is -0.445 e. The smallest absolute Gasteiger partial charge is 0.411 e. The molecule has 0 unspecified atom stereocenters. The molecule has 0 aliphatic heterocycles. The molecule has 120 valence electrons. The molecular formula is C15H17Cl3N2O2. The van der Waals surface area contributed by atoms with Crippen molar-refractivity contribution in [1.82, 2.24) is 4.98 Å². The van der Waals surface area contributed by atoms with Gasteiger partial charge < -0.3 is 4.74 Å². The molecule has 1 aromatic heterocycles. The van der Waals surface area contributed by atoms with Crippen molar-refractivity contribution in [3.05, 3.63) is 22.5 Å². The number of fused-ring (bicyclic) bond motifs is 2. The zero-order chi connectivity index (χ0) is 15.9. The van der Waals surface area contributed by atoms with Gasteiger partial charge in [0.05, 0.1) is 5.69 Å². The molecule has 4 nitrogen and oxygen atoms in total. The molecule has 1 atom stereocenters. The highest BCUT2D eigenvalue weighted by atomic mass is 35.6. The minimum atomic E-state index is -1.60. The first-order valence-corrected chi connectivity index (χ1v) is 8.53. The van der Waals surface area contributed by atoms with Crippen molar-refractivity contribution in [2.24, 2.45) is 0 Å². The molecule has 0 bridgehead atoms. The third-order valence-corrected chi connectivity index (χ3v) is 4.57. The zero-order valence-corrected chi connectivity index (χ0v) is 14.5. The topological polar surface area (TPSA) is 51.2 Å². The van der Waals surface area contributed by atoms with Crippen LogP contribution >= 0.6 is 34.8 Å². The summed E-state index contributed by atoms with van der Waals surface area (Å²) >= 11 is 16.8. The molecule has 1 N–H and O–H groups in total. The van der Waals surface area contributed by atoms with E-state index in [0.717, 1.165) is 60.3 Å². The Bertz CT molecular complexity index is 614. The van der Waals surface area contributed by atoms with Crippen molar-refractivity contribution in [1.29, 1.82) is 0 Å². The van der Waals surface area contributed by atoms with Crippen LogP contribution in [0.25, 0.3) is 0 Å².